The Kier molecular flexibility index (Phi) is 6.54. The van der Waals surface area contributed by atoms with Gasteiger partial charge in [-0.2, -0.15) is 0 Å². The molecular weight excluding hydrogens is 330 g/mol. The fraction of sp³-hybridized carbons (Fsp3) is 0.850. The van der Waals surface area contributed by atoms with Crippen molar-refractivity contribution in [2.45, 2.75) is 58.3 Å². The van der Waals surface area contributed by atoms with E-state index >= 15 is 0 Å². The second kappa shape index (κ2) is 8.87. The van der Waals surface area contributed by atoms with Crippen molar-refractivity contribution in [1.82, 2.24) is 14.7 Å². The molecular formula is C20H33N3O3. The van der Waals surface area contributed by atoms with E-state index < -0.39 is 0 Å². The summed E-state index contributed by atoms with van der Waals surface area (Å²) >= 11 is 0. The van der Waals surface area contributed by atoms with Gasteiger partial charge in [-0.1, -0.05) is 12.8 Å². The molecule has 0 spiro atoms. The maximum atomic E-state index is 12.8. The van der Waals surface area contributed by atoms with Gasteiger partial charge in [0.15, 0.2) is 0 Å². The summed E-state index contributed by atoms with van der Waals surface area (Å²) in [5.74, 6) is 0.824. The average molecular weight is 364 g/mol. The molecule has 146 valence electrons. The van der Waals surface area contributed by atoms with Crippen LogP contribution in [0.4, 0.5) is 0 Å². The predicted molar refractivity (Wildman–Crippen MR) is 99.3 cm³/mol. The highest BCUT2D eigenvalue weighted by atomic mass is 16.2. The summed E-state index contributed by atoms with van der Waals surface area (Å²) in [6.07, 6.45) is 8.09. The highest BCUT2D eigenvalue weighted by molar-refractivity contribution is 5.81. The summed E-state index contributed by atoms with van der Waals surface area (Å²) in [4.78, 5) is 42.8. The highest BCUT2D eigenvalue weighted by Gasteiger charge is 2.34. The number of carbonyl (C=O) groups excluding carboxylic acids is 3. The van der Waals surface area contributed by atoms with Crippen molar-refractivity contribution in [3.05, 3.63) is 0 Å². The van der Waals surface area contributed by atoms with Crippen molar-refractivity contribution >= 4 is 17.7 Å². The van der Waals surface area contributed by atoms with Gasteiger partial charge in [0.2, 0.25) is 17.7 Å². The van der Waals surface area contributed by atoms with Crippen LogP contribution in [0.2, 0.25) is 0 Å². The van der Waals surface area contributed by atoms with Gasteiger partial charge in [-0.25, -0.2) is 0 Å². The zero-order chi connectivity index (χ0) is 18.5. The van der Waals surface area contributed by atoms with Gasteiger partial charge in [-0.15, -0.1) is 0 Å². The molecule has 0 bridgehead atoms. The Hall–Kier alpha value is -1.59. The molecule has 3 rings (SSSR count). The van der Waals surface area contributed by atoms with Gasteiger partial charge in [0.25, 0.3) is 0 Å². The standard InChI is InChI=1S/C20H33N3O3/c1-16(24)21-12-14-23(15-13-21)20(26)18-8-6-17(7-9-18)19(25)22-10-4-2-3-5-11-22/h17-18H,2-15H2,1H3. The molecule has 0 atom stereocenters. The second-order valence-electron chi connectivity index (χ2n) is 8.12. The Labute approximate surface area is 156 Å². The minimum atomic E-state index is 0.0621. The molecule has 2 heterocycles. The molecule has 0 unspecified atom stereocenters. The van der Waals surface area contributed by atoms with Crippen LogP contribution in [0.15, 0.2) is 0 Å². The third-order valence-electron chi connectivity index (χ3n) is 6.38. The molecule has 0 aromatic heterocycles. The van der Waals surface area contributed by atoms with Crippen LogP contribution in [0.25, 0.3) is 0 Å². The molecule has 0 aromatic rings. The molecule has 6 nitrogen and oxygen atoms in total. The fourth-order valence-electron chi connectivity index (χ4n) is 4.64. The van der Waals surface area contributed by atoms with Crippen LogP contribution in [0.1, 0.15) is 58.3 Å². The van der Waals surface area contributed by atoms with E-state index in [-0.39, 0.29) is 23.7 Å². The number of amides is 3. The minimum Gasteiger partial charge on any atom is -0.342 e. The first-order valence-corrected chi connectivity index (χ1v) is 10.4. The van der Waals surface area contributed by atoms with Gasteiger partial charge in [0.05, 0.1) is 0 Å². The van der Waals surface area contributed by atoms with Crippen LogP contribution >= 0.6 is 0 Å². The van der Waals surface area contributed by atoms with Crippen molar-refractivity contribution in [1.29, 1.82) is 0 Å². The Morgan fingerprint density at radius 3 is 1.38 bits per heavy atom. The van der Waals surface area contributed by atoms with Crippen LogP contribution in [0, 0.1) is 11.8 Å². The van der Waals surface area contributed by atoms with Gasteiger partial charge in [0, 0.05) is 58.0 Å². The molecule has 3 amide bonds. The predicted octanol–water partition coefficient (Wildman–Crippen LogP) is 1.89. The Morgan fingerprint density at radius 1 is 0.577 bits per heavy atom. The summed E-state index contributed by atoms with van der Waals surface area (Å²) in [5.41, 5.74) is 0. The number of hydrogen-bond donors (Lipinski definition) is 0. The lowest BCUT2D eigenvalue weighted by molar-refractivity contribution is -0.144. The molecule has 26 heavy (non-hydrogen) atoms. The maximum absolute atomic E-state index is 12.8. The normalized spacial score (nSPS) is 27.8. The second-order valence-corrected chi connectivity index (χ2v) is 8.12. The quantitative estimate of drug-likeness (QED) is 0.753. The van der Waals surface area contributed by atoms with Gasteiger partial charge in [0.1, 0.15) is 0 Å². The van der Waals surface area contributed by atoms with Gasteiger partial charge >= 0.3 is 0 Å². The first-order chi connectivity index (χ1) is 12.6. The number of nitrogens with zero attached hydrogens (tertiary/aromatic N) is 3. The lowest BCUT2D eigenvalue weighted by atomic mass is 9.80. The van der Waals surface area contributed by atoms with Crippen molar-refractivity contribution in [3.63, 3.8) is 0 Å². The highest BCUT2D eigenvalue weighted by Crippen LogP contribution is 2.32. The number of likely N-dealkylation sites (tertiary alicyclic amines) is 1. The van der Waals surface area contributed by atoms with Gasteiger partial charge in [-0.3, -0.25) is 14.4 Å². The van der Waals surface area contributed by atoms with E-state index in [9.17, 15) is 14.4 Å². The molecule has 0 radical (unpaired) electrons. The molecule has 3 fully saturated rings. The molecule has 0 aromatic carbocycles. The molecule has 0 N–H and O–H groups in total. The first kappa shape index (κ1) is 19.2. The van der Waals surface area contributed by atoms with Crippen LogP contribution in [-0.4, -0.2) is 71.7 Å². The maximum Gasteiger partial charge on any atom is 0.225 e. The molecule has 2 aliphatic heterocycles. The Balaban J connectivity index is 1.45. The van der Waals surface area contributed by atoms with E-state index in [2.05, 4.69) is 4.90 Å². The van der Waals surface area contributed by atoms with Crippen LogP contribution in [0.5, 0.6) is 0 Å². The third-order valence-corrected chi connectivity index (χ3v) is 6.38. The lowest BCUT2D eigenvalue weighted by Gasteiger charge is -2.38. The van der Waals surface area contributed by atoms with E-state index in [1.165, 1.54) is 12.8 Å². The van der Waals surface area contributed by atoms with E-state index in [1.54, 1.807) is 11.8 Å². The molecule has 1 aliphatic carbocycles. The van der Waals surface area contributed by atoms with E-state index in [0.29, 0.717) is 32.1 Å². The Bertz CT molecular complexity index is 512. The van der Waals surface area contributed by atoms with Crippen LogP contribution in [0.3, 0.4) is 0 Å². The molecule has 2 saturated heterocycles. The van der Waals surface area contributed by atoms with Crippen molar-refractivity contribution in [2.75, 3.05) is 39.3 Å². The lowest BCUT2D eigenvalue weighted by Crippen LogP contribution is -2.52. The zero-order valence-electron chi connectivity index (χ0n) is 16.1. The zero-order valence-corrected chi connectivity index (χ0v) is 16.1. The number of hydrogen-bond acceptors (Lipinski definition) is 3. The van der Waals surface area contributed by atoms with Crippen molar-refractivity contribution < 1.29 is 14.4 Å². The summed E-state index contributed by atoms with van der Waals surface area (Å²) in [7, 11) is 0. The topological polar surface area (TPSA) is 60.9 Å². The average Bonchev–Trinajstić information content (AvgIpc) is 2.96. The smallest absolute Gasteiger partial charge is 0.225 e. The summed E-state index contributed by atoms with van der Waals surface area (Å²) < 4.78 is 0. The molecule has 1 saturated carbocycles. The largest absolute Gasteiger partial charge is 0.342 e. The van der Waals surface area contributed by atoms with Crippen LogP contribution in [-0.2, 0) is 14.4 Å². The summed E-state index contributed by atoms with van der Waals surface area (Å²) in [5, 5.41) is 0. The monoisotopic (exact) mass is 363 g/mol. The van der Waals surface area contributed by atoms with Crippen LogP contribution < -0.4 is 0 Å². The first-order valence-electron chi connectivity index (χ1n) is 10.4. The van der Waals surface area contributed by atoms with Crippen molar-refractivity contribution in [3.8, 4) is 0 Å². The molecule has 3 aliphatic rings. The van der Waals surface area contributed by atoms with Gasteiger partial charge < -0.3 is 14.7 Å². The van der Waals surface area contributed by atoms with E-state index in [0.717, 1.165) is 51.6 Å². The number of rotatable bonds is 2. The van der Waals surface area contributed by atoms with E-state index in [4.69, 9.17) is 0 Å². The van der Waals surface area contributed by atoms with Crippen molar-refractivity contribution in [2.24, 2.45) is 11.8 Å². The molecule has 6 heteroatoms. The number of piperazine rings is 1. The number of carbonyl (C=O) groups is 3. The van der Waals surface area contributed by atoms with Gasteiger partial charge in [-0.05, 0) is 38.5 Å². The fourth-order valence-corrected chi connectivity index (χ4v) is 4.64. The van der Waals surface area contributed by atoms with E-state index in [1.807, 2.05) is 4.90 Å². The Morgan fingerprint density at radius 2 is 0.962 bits per heavy atom. The minimum absolute atomic E-state index is 0.0621. The SMILES string of the molecule is CC(=O)N1CCN(C(=O)C2CCC(C(=O)N3CCCCCC3)CC2)CC1. The third kappa shape index (κ3) is 4.57. The summed E-state index contributed by atoms with van der Waals surface area (Å²) in [6.45, 7) is 5.99. The summed E-state index contributed by atoms with van der Waals surface area (Å²) in [6, 6.07) is 0.